The van der Waals surface area contributed by atoms with Crippen molar-refractivity contribution < 1.29 is 54.6 Å². The number of nitrogens with zero attached hydrogens (tertiary/aromatic N) is 1. The first-order valence-corrected chi connectivity index (χ1v) is 12.4. The number of carbonyl (C=O) groups is 2. The zero-order valence-corrected chi connectivity index (χ0v) is 23.2. The molecule has 0 aliphatic carbocycles. The van der Waals surface area contributed by atoms with Crippen LogP contribution in [0.2, 0.25) is 0 Å². The lowest BCUT2D eigenvalue weighted by Crippen LogP contribution is -2.33. The lowest BCUT2D eigenvalue weighted by molar-refractivity contribution is -0.139. The predicted octanol–water partition coefficient (Wildman–Crippen LogP) is 6.79. The summed E-state index contributed by atoms with van der Waals surface area (Å²) in [5, 5.41) is 11.9. The van der Waals surface area contributed by atoms with Crippen LogP contribution in [0, 0.1) is 18.6 Å². The molecule has 3 rings (SSSR count). The van der Waals surface area contributed by atoms with E-state index in [9.17, 15) is 44.7 Å². The summed E-state index contributed by atoms with van der Waals surface area (Å²) < 4.78 is 109. The molecule has 1 atom stereocenters. The van der Waals surface area contributed by atoms with E-state index in [1.807, 2.05) is 19.2 Å². The molecular weight excluding hydrogens is 594 g/mol. The first-order chi connectivity index (χ1) is 19.9. The normalized spacial score (nSPS) is 12.1. The van der Waals surface area contributed by atoms with Crippen molar-refractivity contribution in [2.45, 2.75) is 45.6 Å². The Hall–Kier alpha value is -4.43. The number of carbonyl (C=O) groups excluding carboxylic acids is 1. The third-order valence-corrected chi connectivity index (χ3v) is 5.96. The third kappa shape index (κ3) is 9.03. The second-order valence-electron chi connectivity index (χ2n) is 8.99. The molecule has 0 saturated carbocycles. The number of nitrogens with one attached hydrogen (secondary N) is 2. The molecule has 0 aliphatic heterocycles. The molecule has 234 valence electrons. The number of halogens is 8. The van der Waals surface area contributed by atoms with Gasteiger partial charge in [-0.05, 0) is 61.7 Å². The van der Waals surface area contributed by atoms with E-state index in [4.69, 9.17) is 9.84 Å². The minimum atomic E-state index is -4.62. The maximum atomic E-state index is 13.7. The molecule has 0 fully saturated rings. The van der Waals surface area contributed by atoms with Crippen molar-refractivity contribution in [3.05, 3.63) is 76.5 Å². The van der Waals surface area contributed by atoms with Crippen LogP contribution in [-0.4, -0.2) is 47.8 Å². The minimum absolute atomic E-state index is 0.100. The Morgan fingerprint density at radius 1 is 1.05 bits per heavy atom. The molecule has 0 spiro atoms. The second-order valence-corrected chi connectivity index (χ2v) is 8.99. The van der Waals surface area contributed by atoms with Crippen molar-refractivity contribution in [2.24, 2.45) is 0 Å². The number of methoxy groups -OCH3 is 1. The first kappa shape index (κ1) is 34.8. The van der Waals surface area contributed by atoms with Crippen molar-refractivity contribution in [3.63, 3.8) is 0 Å². The largest absolute Gasteiger partial charge is 0.496 e. The molecule has 2 aromatic carbocycles. The minimum Gasteiger partial charge on any atom is -0.496 e. The molecule has 3 aromatic rings. The monoisotopic (exact) mass is 621 g/mol. The zero-order valence-electron chi connectivity index (χ0n) is 23.2. The molecule has 7 nitrogen and oxygen atoms in total. The molecule has 43 heavy (non-hydrogen) atoms. The summed E-state index contributed by atoms with van der Waals surface area (Å²) in [4.78, 5) is 25.6. The fourth-order valence-electron chi connectivity index (χ4n) is 3.88. The molecule has 0 saturated heterocycles. The van der Waals surface area contributed by atoms with Crippen molar-refractivity contribution in [1.82, 2.24) is 10.3 Å². The van der Waals surface area contributed by atoms with Gasteiger partial charge in [0.25, 0.3) is 5.91 Å². The fraction of sp³-hybridized carbons (Fsp3) is 0.321. The third-order valence-electron chi connectivity index (χ3n) is 5.96. The average Bonchev–Trinajstić information content (AvgIpc) is 2.90. The number of aliphatic carboxylic acids is 1. The van der Waals surface area contributed by atoms with Gasteiger partial charge in [0.2, 0.25) is 0 Å². The Kier molecular flexibility index (Phi) is 11.4. The molecule has 1 heterocycles. The Balaban J connectivity index is 0.000000300. The van der Waals surface area contributed by atoms with E-state index in [1.54, 1.807) is 17.4 Å². The van der Waals surface area contributed by atoms with Gasteiger partial charge in [-0.15, -0.1) is 0 Å². The molecule has 1 unspecified atom stereocenters. The number of hydrogen-bond donors (Lipinski definition) is 3. The smallest absolute Gasteiger partial charge is 0.418 e. The van der Waals surface area contributed by atoms with E-state index in [0.29, 0.717) is 29.9 Å². The van der Waals surface area contributed by atoms with E-state index in [2.05, 4.69) is 4.98 Å². The van der Waals surface area contributed by atoms with Crippen LogP contribution < -0.4 is 15.4 Å². The topological polar surface area (TPSA) is 101 Å². The van der Waals surface area contributed by atoms with Crippen LogP contribution >= 0.6 is 0 Å². The molecule has 3 N–H and O–H groups in total. The van der Waals surface area contributed by atoms with Gasteiger partial charge >= 0.3 is 18.3 Å². The molecule has 1 amide bonds. The Morgan fingerprint density at radius 3 is 2.14 bits per heavy atom. The zero-order chi connectivity index (χ0) is 32.7. The highest BCUT2D eigenvalue weighted by molar-refractivity contribution is 5.96. The lowest BCUT2D eigenvalue weighted by atomic mass is 9.97. The number of ether oxygens (including phenoxy) is 1. The number of alkyl halides is 6. The molecule has 1 aromatic heterocycles. The van der Waals surface area contributed by atoms with Crippen LogP contribution in [0.5, 0.6) is 5.75 Å². The van der Waals surface area contributed by atoms with Gasteiger partial charge in [0.15, 0.2) is 0 Å². The van der Waals surface area contributed by atoms with Gasteiger partial charge in [-0.1, -0.05) is 13.0 Å². The van der Waals surface area contributed by atoms with Gasteiger partial charge in [-0.2, -0.15) is 26.3 Å². The molecule has 15 heteroatoms. The van der Waals surface area contributed by atoms with Crippen molar-refractivity contribution in [2.75, 3.05) is 19.0 Å². The molecular formula is C28H27F8N3O4. The highest BCUT2D eigenvalue weighted by Gasteiger charge is 2.36. The summed E-state index contributed by atoms with van der Waals surface area (Å²) in [5.74, 6) is -5.12. The van der Waals surface area contributed by atoms with Crippen LogP contribution in [0.3, 0.4) is 0 Å². The quantitative estimate of drug-likeness (QED) is 0.240. The lowest BCUT2D eigenvalue weighted by Gasteiger charge is -2.19. The number of aryl methyl sites for hydroxylation is 1. The van der Waals surface area contributed by atoms with E-state index in [-0.39, 0.29) is 5.69 Å². The average molecular weight is 622 g/mol. The van der Waals surface area contributed by atoms with Gasteiger partial charge in [0.05, 0.1) is 18.4 Å². The number of anilines is 1. The predicted molar refractivity (Wildman–Crippen MR) is 141 cm³/mol. The van der Waals surface area contributed by atoms with Gasteiger partial charge < -0.3 is 20.5 Å². The maximum absolute atomic E-state index is 13.7. The van der Waals surface area contributed by atoms with Gasteiger partial charge in [-0.3, -0.25) is 14.6 Å². The summed E-state index contributed by atoms with van der Waals surface area (Å²) in [7, 11) is 1.47. The number of carboxylic acid groups (broad SMARTS) is 1. The number of aromatic nitrogens is 1. The van der Waals surface area contributed by atoms with Gasteiger partial charge in [-0.25, -0.2) is 8.78 Å². The standard InChI is InChI=1S/C16H16F3NO.C12H11F5N2O3/c1-4-11-10(2)7-8-12(15(11)21-3)14-13(16(17,18)19)6-5-9-20-14;1-5(12(15,16)17)19-6-2-7(13)10(8(14)3-6)11(22)18-4-9(20)21/h5-9H,4H2,1-3H3;2-3,5,19H,4H2,1H3,(H,18,22)(H,20,21). The number of benzene rings is 2. The number of amides is 1. The summed E-state index contributed by atoms with van der Waals surface area (Å²) >= 11 is 0. The summed E-state index contributed by atoms with van der Waals surface area (Å²) in [5.41, 5.74) is -0.184. The van der Waals surface area contributed by atoms with E-state index in [0.717, 1.165) is 24.1 Å². The number of rotatable bonds is 8. The van der Waals surface area contributed by atoms with Crippen LogP contribution in [0.25, 0.3) is 11.3 Å². The van der Waals surface area contributed by atoms with Crippen molar-refractivity contribution >= 4 is 17.6 Å². The van der Waals surface area contributed by atoms with E-state index in [1.165, 1.54) is 19.4 Å². The highest BCUT2D eigenvalue weighted by atomic mass is 19.4. The molecule has 0 radical (unpaired) electrons. The van der Waals surface area contributed by atoms with Crippen LogP contribution in [0.15, 0.2) is 42.6 Å². The first-order valence-electron chi connectivity index (χ1n) is 12.4. The maximum Gasteiger partial charge on any atom is 0.418 e. The van der Waals surface area contributed by atoms with Gasteiger partial charge in [0, 0.05) is 17.4 Å². The van der Waals surface area contributed by atoms with Crippen LogP contribution in [0.4, 0.5) is 40.8 Å². The van der Waals surface area contributed by atoms with Gasteiger partial charge in [0.1, 0.15) is 35.5 Å². The van der Waals surface area contributed by atoms with Crippen LogP contribution in [0.1, 0.15) is 40.9 Å². The van der Waals surface area contributed by atoms with E-state index >= 15 is 0 Å². The number of pyridine rings is 1. The molecule has 0 aliphatic rings. The Morgan fingerprint density at radius 2 is 1.65 bits per heavy atom. The number of carboxylic acids is 1. The second kappa shape index (κ2) is 14.2. The van der Waals surface area contributed by atoms with Crippen molar-refractivity contribution in [3.8, 4) is 17.0 Å². The SMILES string of the molecule is CC(Nc1cc(F)c(C(=O)NCC(=O)O)c(F)c1)C(F)(F)F.CCc1c(C)ccc(-c2ncccc2C(F)(F)F)c1OC. The number of hydrogen-bond acceptors (Lipinski definition) is 5. The van der Waals surface area contributed by atoms with Crippen LogP contribution in [-0.2, 0) is 17.4 Å². The van der Waals surface area contributed by atoms with Crippen molar-refractivity contribution in [1.29, 1.82) is 0 Å². The van der Waals surface area contributed by atoms with E-state index < -0.39 is 65.3 Å². The summed E-state index contributed by atoms with van der Waals surface area (Å²) in [6.45, 7) is 3.75. The highest BCUT2D eigenvalue weighted by Crippen LogP contribution is 2.41. The summed E-state index contributed by atoms with van der Waals surface area (Å²) in [6, 6.07) is 4.72. The summed E-state index contributed by atoms with van der Waals surface area (Å²) in [6.07, 6.45) is -7.04. The Bertz CT molecular complexity index is 1440. The molecule has 0 bridgehead atoms. The Labute approximate surface area is 240 Å². The fourth-order valence-corrected chi connectivity index (χ4v) is 3.88.